The molecule has 3 aromatic heterocycles. The fourth-order valence-electron chi connectivity index (χ4n) is 4.29. The Balaban J connectivity index is 1.69. The van der Waals surface area contributed by atoms with Crippen molar-refractivity contribution in [1.29, 1.82) is 0 Å². The zero-order chi connectivity index (χ0) is 17.7. The molecule has 3 aromatic rings. The zero-order valence-electron chi connectivity index (χ0n) is 15.1. The summed E-state index contributed by atoms with van der Waals surface area (Å²) in [4.78, 5) is 16.3. The van der Waals surface area contributed by atoms with Crippen molar-refractivity contribution in [3.8, 4) is 11.6 Å². The standard InChI is InChI=1S/C18H22N8/c1-3-14-17-23-21-11-25(17)15-8-19-18(24-9-12(2)20-10-24)22-16(15)26(14)13-6-4-5-7-13/h8-11,13-14H,3-7H2,1-2H3/t14-/m1/s1. The lowest BCUT2D eigenvalue weighted by atomic mass is 10.0. The molecule has 2 aliphatic rings. The summed E-state index contributed by atoms with van der Waals surface area (Å²) in [6.45, 7) is 4.17. The van der Waals surface area contributed by atoms with E-state index in [1.165, 1.54) is 25.7 Å². The number of fused-ring (bicyclic) bond motifs is 3. The summed E-state index contributed by atoms with van der Waals surface area (Å²) in [6.07, 6.45) is 13.3. The van der Waals surface area contributed by atoms with Gasteiger partial charge < -0.3 is 4.90 Å². The molecule has 8 nitrogen and oxygen atoms in total. The number of hydrogen-bond acceptors (Lipinski definition) is 6. The predicted octanol–water partition coefficient (Wildman–Crippen LogP) is 2.77. The normalized spacial score (nSPS) is 19.6. The number of hydrogen-bond donors (Lipinski definition) is 0. The molecule has 0 N–H and O–H groups in total. The third-order valence-electron chi connectivity index (χ3n) is 5.50. The Labute approximate surface area is 151 Å². The average Bonchev–Trinajstić information content (AvgIpc) is 3.41. The number of anilines is 1. The summed E-state index contributed by atoms with van der Waals surface area (Å²) < 4.78 is 3.92. The molecule has 1 fully saturated rings. The molecule has 8 heteroatoms. The minimum absolute atomic E-state index is 0.195. The van der Waals surface area contributed by atoms with Crippen molar-refractivity contribution in [3.63, 3.8) is 0 Å². The Hall–Kier alpha value is -2.77. The van der Waals surface area contributed by atoms with Gasteiger partial charge in [0, 0.05) is 12.2 Å². The minimum atomic E-state index is 0.195. The third kappa shape index (κ3) is 2.24. The zero-order valence-corrected chi connectivity index (χ0v) is 15.1. The Bertz CT molecular complexity index is 936. The van der Waals surface area contributed by atoms with Crippen LogP contribution in [0, 0.1) is 6.92 Å². The van der Waals surface area contributed by atoms with E-state index >= 15 is 0 Å². The van der Waals surface area contributed by atoms with Crippen LogP contribution in [0.3, 0.4) is 0 Å². The number of rotatable bonds is 3. The second kappa shape index (κ2) is 5.89. The molecule has 0 unspecified atom stereocenters. The van der Waals surface area contributed by atoms with Crippen molar-refractivity contribution in [2.45, 2.75) is 58.0 Å². The van der Waals surface area contributed by atoms with Gasteiger partial charge in [0.25, 0.3) is 0 Å². The highest BCUT2D eigenvalue weighted by atomic mass is 15.4. The Morgan fingerprint density at radius 1 is 1.15 bits per heavy atom. The van der Waals surface area contributed by atoms with Crippen LogP contribution in [0.5, 0.6) is 0 Å². The molecular weight excluding hydrogens is 328 g/mol. The van der Waals surface area contributed by atoms with Gasteiger partial charge in [-0.05, 0) is 26.2 Å². The van der Waals surface area contributed by atoms with E-state index in [9.17, 15) is 0 Å². The van der Waals surface area contributed by atoms with E-state index in [0.717, 1.165) is 29.4 Å². The molecule has 0 bridgehead atoms. The van der Waals surface area contributed by atoms with E-state index in [4.69, 9.17) is 4.98 Å². The molecule has 4 heterocycles. The molecule has 1 aliphatic heterocycles. The topological polar surface area (TPSA) is 77.5 Å². The molecule has 1 atom stereocenters. The summed E-state index contributed by atoms with van der Waals surface area (Å²) in [5.74, 6) is 2.62. The highest BCUT2D eigenvalue weighted by Crippen LogP contribution is 2.42. The Kier molecular flexibility index (Phi) is 3.51. The van der Waals surface area contributed by atoms with E-state index < -0.39 is 0 Å². The fraction of sp³-hybridized carbons (Fsp3) is 0.500. The Morgan fingerprint density at radius 2 is 2.00 bits per heavy atom. The van der Waals surface area contributed by atoms with Crippen molar-refractivity contribution in [2.75, 3.05) is 4.90 Å². The summed E-state index contributed by atoms with van der Waals surface area (Å²) in [5.41, 5.74) is 1.91. The van der Waals surface area contributed by atoms with Crippen LogP contribution >= 0.6 is 0 Å². The van der Waals surface area contributed by atoms with Crippen molar-refractivity contribution < 1.29 is 0 Å². The van der Waals surface area contributed by atoms with Gasteiger partial charge in [-0.25, -0.2) is 9.97 Å². The van der Waals surface area contributed by atoms with Gasteiger partial charge in [0.1, 0.15) is 18.3 Å². The minimum Gasteiger partial charge on any atom is -0.341 e. The molecule has 1 saturated carbocycles. The van der Waals surface area contributed by atoms with Crippen LogP contribution in [0.25, 0.3) is 11.6 Å². The number of aromatic nitrogens is 7. The van der Waals surface area contributed by atoms with Gasteiger partial charge in [-0.1, -0.05) is 19.8 Å². The van der Waals surface area contributed by atoms with Gasteiger partial charge in [-0.15, -0.1) is 10.2 Å². The van der Waals surface area contributed by atoms with Gasteiger partial charge in [-0.3, -0.25) is 9.13 Å². The monoisotopic (exact) mass is 350 g/mol. The van der Waals surface area contributed by atoms with Crippen LogP contribution in [0.2, 0.25) is 0 Å². The second-order valence-corrected chi connectivity index (χ2v) is 7.13. The smallest absolute Gasteiger partial charge is 0.236 e. The molecule has 26 heavy (non-hydrogen) atoms. The second-order valence-electron chi connectivity index (χ2n) is 7.13. The summed E-state index contributed by atoms with van der Waals surface area (Å²) in [6, 6.07) is 0.691. The van der Waals surface area contributed by atoms with Crippen LogP contribution in [0.1, 0.15) is 56.6 Å². The van der Waals surface area contributed by atoms with Crippen LogP contribution in [-0.4, -0.2) is 40.3 Å². The quantitative estimate of drug-likeness (QED) is 0.723. The van der Waals surface area contributed by atoms with Crippen molar-refractivity contribution in [2.24, 2.45) is 0 Å². The molecule has 1 aliphatic carbocycles. The van der Waals surface area contributed by atoms with Crippen LogP contribution in [0.4, 0.5) is 5.82 Å². The summed E-state index contributed by atoms with van der Waals surface area (Å²) in [7, 11) is 0. The van der Waals surface area contributed by atoms with E-state index in [-0.39, 0.29) is 6.04 Å². The summed E-state index contributed by atoms with van der Waals surface area (Å²) in [5, 5.41) is 8.58. The lowest BCUT2D eigenvalue weighted by Gasteiger charge is -2.40. The maximum Gasteiger partial charge on any atom is 0.236 e. The number of aryl methyl sites for hydroxylation is 1. The van der Waals surface area contributed by atoms with Crippen LogP contribution in [-0.2, 0) is 0 Å². The van der Waals surface area contributed by atoms with E-state index in [1.54, 1.807) is 12.7 Å². The highest BCUT2D eigenvalue weighted by molar-refractivity contribution is 5.62. The van der Waals surface area contributed by atoms with Gasteiger partial charge >= 0.3 is 0 Å². The van der Waals surface area contributed by atoms with Crippen LogP contribution in [0.15, 0.2) is 25.0 Å². The first-order valence-electron chi connectivity index (χ1n) is 9.33. The maximum atomic E-state index is 4.96. The number of nitrogens with zero attached hydrogens (tertiary/aromatic N) is 8. The first-order valence-corrected chi connectivity index (χ1v) is 9.33. The lowest BCUT2D eigenvalue weighted by molar-refractivity contribution is 0.468. The van der Waals surface area contributed by atoms with Gasteiger partial charge in [-0.2, -0.15) is 4.98 Å². The predicted molar refractivity (Wildman–Crippen MR) is 96.6 cm³/mol. The molecule has 0 radical (unpaired) electrons. The Morgan fingerprint density at radius 3 is 2.73 bits per heavy atom. The fourth-order valence-corrected chi connectivity index (χ4v) is 4.29. The molecule has 0 saturated heterocycles. The third-order valence-corrected chi connectivity index (χ3v) is 5.50. The van der Waals surface area contributed by atoms with Crippen molar-refractivity contribution in [3.05, 3.63) is 36.6 Å². The van der Waals surface area contributed by atoms with Crippen LogP contribution < -0.4 is 4.90 Å². The molecule has 0 aromatic carbocycles. The van der Waals surface area contributed by atoms with Gasteiger partial charge in [0.2, 0.25) is 5.95 Å². The largest absolute Gasteiger partial charge is 0.341 e. The molecule has 134 valence electrons. The van der Waals surface area contributed by atoms with E-state index in [1.807, 2.05) is 28.5 Å². The lowest BCUT2D eigenvalue weighted by Crippen LogP contribution is -2.42. The summed E-state index contributed by atoms with van der Waals surface area (Å²) >= 11 is 0. The van der Waals surface area contributed by atoms with Gasteiger partial charge in [0.15, 0.2) is 11.6 Å². The average molecular weight is 350 g/mol. The first kappa shape index (κ1) is 15.5. The SMILES string of the molecule is CC[C@@H]1c2nncn2-c2cnc(-n3cnc(C)c3)nc2N1C1CCCC1. The molecular formula is C18H22N8. The molecule has 5 rings (SSSR count). The number of imidazole rings is 1. The van der Waals surface area contributed by atoms with E-state index in [2.05, 4.69) is 32.0 Å². The van der Waals surface area contributed by atoms with E-state index in [0.29, 0.717) is 12.0 Å². The van der Waals surface area contributed by atoms with Crippen molar-refractivity contribution in [1.82, 2.24) is 34.3 Å². The van der Waals surface area contributed by atoms with Gasteiger partial charge in [0.05, 0.1) is 17.9 Å². The molecule has 0 spiro atoms. The maximum absolute atomic E-state index is 4.96. The molecule has 0 amide bonds. The first-order chi connectivity index (χ1) is 12.8. The highest BCUT2D eigenvalue weighted by Gasteiger charge is 2.38. The van der Waals surface area contributed by atoms with Crippen molar-refractivity contribution >= 4 is 5.82 Å².